The molecule has 2 N–H and O–H groups in total. The second-order valence-corrected chi connectivity index (χ2v) is 6.54. The summed E-state index contributed by atoms with van der Waals surface area (Å²) in [6, 6.07) is 12.2. The second kappa shape index (κ2) is 9.08. The number of anilines is 2. The highest BCUT2D eigenvalue weighted by molar-refractivity contribution is 6.05. The van der Waals surface area contributed by atoms with Gasteiger partial charge in [-0.25, -0.2) is 0 Å². The van der Waals surface area contributed by atoms with Crippen molar-refractivity contribution in [2.75, 3.05) is 24.9 Å². The number of methoxy groups -OCH3 is 2. The standard InChI is InChI=1S/C22H24N2O4/c1-27-19-13-18(24-22(26)16-11-7-4-8-12-16)20(28-2)14-17(19)23-21(25)15-9-5-3-6-10-15/h3-7,9-10,13-14,16H,8,11-12H2,1-2H3,(H,23,25)(H,24,26). The molecule has 0 aliphatic heterocycles. The van der Waals surface area contributed by atoms with Crippen LogP contribution in [0.5, 0.6) is 11.5 Å². The lowest BCUT2D eigenvalue weighted by Gasteiger charge is -2.20. The van der Waals surface area contributed by atoms with E-state index in [2.05, 4.69) is 16.7 Å². The Labute approximate surface area is 164 Å². The van der Waals surface area contributed by atoms with Crippen LogP contribution in [0.25, 0.3) is 0 Å². The normalized spacial score (nSPS) is 15.6. The van der Waals surface area contributed by atoms with Crippen molar-refractivity contribution in [3.8, 4) is 11.5 Å². The van der Waals surface area contributed by atoms with E-state index in [-0.39, 0.29) is 17.7 Å². The van der Waals surface area contributed by atoms with Gasteiger partial charge in [-0.1, -0.05) is 30.4 Å². The Kier molecular flexibility index (Phi) is 6.32. The van der Waals surface area contributed by atoms with E-state index < -0.39 is 0 Å². The van der Waals surface area contributed by atoms with E-state index in [1.54, 1.807) is 36.4 Å². The first-order valence-electron chi connectivity index (χ1n) is 9.20. The van der Waals surface area contributed by atoms with Crippen molar-refractivity contribution in [1.29, 1.82) is 0 Å². The van der Waals surface area contributed by atoms with Gasteiger partial charge in [-0.15, -0.1) is 0 Å². The lowest BCUT2D eigenvalue weighted by Crippen LogP contribution is -2.24. The number of carbonyl (C=O) groups excluding carboxylic acids is 2. The third-order valence-corrected chi connectivity index (χ3v) is 4.70. The molecular formula is C22H24N2O4. The fourth-order valence-corrected chi connectivity index (χ4v) is 3.14. The van der Waals surface area contributed by atoms with Gasteiger partial charge in [0, 0.05) is 23.6 Å². The first kappa shape index (κ1) is 19.5. The quantitative estimate of drug-likeness (QED) is 0.735. The van der Waals surface area contributed by atoms with E-state index >= 15 is 0 Å². The van der Waals surface area contributed by atoms with Crippen LogP contribution in [-0.2, 0) is 4.79 Å². The third-order valence-electron chi connectivity index (χ3n) is 4.70. The fraction of sp³-hybridized carbons (Fsp3) is 0.273. The third kappa shape index (κ3) is 4.52. The van der Waals surface area contributed by atoms with Gasteiger partial charge in [0.15, 0.2) is 0 Å². The summed E-state index contributed by atoms with van der Waals surface area (Å²) < 4.78 is 10.8. The number of nitrogens with one attached hydrogen (secondary N) is 2. The maximum atomic E-state index is 12.6. The Morgan fingerprint density at radius 1 is 0.929 bits per heavy atom. The number of ether oxygens (including phenoxy) is 2. The summed E-state index contributed by atoms with van der Waals surface area (Å²) in [5.74, 6) is 0.517. The van der Waals surface area contributed by atoms with Crippen LogP contribution in [0.1, 0.15) is 29.6 Å². The molecule has 0 bridgehead atoms. The highest BCUT2D eigenvalue weighted by atomic mass is 16.5. The van der Waals surface area contributed by atoms with Gasteiger partial charge in [0.05, 0.1) is 25.6 Å². The number of amides is 2. The van der Waals surface area contributed by atoms with Crippen molar-refractivity contribution in [3.05, 3.63) is 60.2 Å². The van der Waals surface area contributed by atoms with E-state index in [1.807, 2.05) is 12.1 Å². The number of benzene rings is 2. The average molecular weight is 380 g/mol. The minimum absolute atomic E-state index is 0.0502. The zero-order valence-corrected chi connectivity index (χ0v) is 16.0. The molecule has 1 aliphatic rings. The molecule has 0 spiro atoms. The summed E-state index contributed by atoms with van der Waals surface area (Å²) in [6.45, 7) is 0. The Balaban J connectivity index is 1.82. The van der Waals surface area contributed by atoms with Crippen LogP contribution in [0.4, 0.5) is 11.4 Å². The average Bonchev–Trinajstić information content (AvgIpc) is 2.75. The minimum atomic E-state index is -0.258. The molecule has 1 aliphatic carbocycles. The molecule has 2 aromatic carbocycles. The van der Waals surface area contributed by atoms with Gasteiger partial charge in [0.1, 0.15) is 11.5 Å². The van der Waals surface area contributed by atoms with Crippen molar-refractivity contribution >= 4 is 23.2 Å². The largest absolute Gasteiger partial charge is 0.494 e. The number of carbonyl (C=O) groups is 2. The monoisotopic (exact) mass is 380 g/mol. The zero-order valence-electron chi connectivity index (χ0n) is 16.0. The molecule has 2 amide bonds. The summed E-state index contributed by atoms with van der Waals surface area (Å²) >= 11 is 0. The predicted molar refractivity (Wildman–Crippen MR) is 109 cm³/mol. The van der Waals surface area contributed by atoms with Crippen molar-refractivity contribution in [2.24, 2.45) is 5.92 Å². The molecule has 1 unspecified atom stereocenters. The van der Waals surface area contributed by atoms with Crippen molar-refractivity contribution in [2.45, 2.75) is 19.3 Å². The molecular weight excluding hydrogens is 356 g/mol. The smallest absolute Gasteiger partial charge is 0.255 e. The van der Waals surface area contributed by atoms with Crippen molar-refractivity contribution in [1.82, 2.24) is 0 Å². The van der Waals surface area contributed by atoms with Crippen molar-refractivity contribution in [3.63, 3.8) is 0 Å². The molecule has 146 valence electrons. The first-order chi connectivity index (χ1) is 13.6. The lowest BCUT2D eigenvalue weighted by atomic mass is 9.93. The Morgan fingerprint density at radius 2 is 1.57 bits per heavy atom. The molecule has 28 heavy (non-hydrogen) atoms. The summed E-state index contributed by atoms with van der Waals surface area (Å²) in [5.41, 5.74) is 1.51. The van der Waals surface area contributed by atoms with Gasteiger partial charge in [-0.2, -0.15) is 0 Å². The SMILES string of the molecule is COc1cc(NC(=O)C2CC=CCC2)c(OC)cc1NC(=O)c1ccccc1. The topological polar surface area (TPSA) is 76.7 Å². The van der Waals surface area contributed by atoms with Crippen LogP contribution < -0.4 is 20.1 Å². The molecule has 0 fully saturated rings. The minimum Gasteiger partial charge on any atom is -0.494 e. The summed E-state index contributed by atoms with van der Waals surface area (Å²) in [4.78, 5) is 25.0. The van der Waals surface area contributed by atoms with Crippen LogP contribution in [0, 0.1) is 5.92 Å². The second-order valence-electron chi connectivity index (χ2n) is 6.54. The number of rotatable bonds is 6. The summed E-state index contributed by atoms with van der Waals surface area (Å²) in [5, 5.41) is 5.76. The van der Waals surface area contributed by atoms with Crippen LogP contribution in [0.3, 0.4) is 0 Å². The van der Waals surface area contributed by atoms with Gasteiger partial charge >= 0.3 is 0 Å². The molecule has 0 saturated heterocycles. The van der Waals surface area contributed by atoms with Crippen LogP contribution in [0.15, 0.2) is 54.6 Å². The van der Waals surface area contributed by atoms with Crippen LogP contribution >= 0.6 is 0 Å². The van der Waals surface area contributed by atoms with E-state index in [1.165, 1.54) is 14.2 Å². The van der Waals surface area contributed by atoms with Crippen LogP contribution in [0.2, 0.25) is 0 Å². The highest BCUT2D eigenvalue weighted by Gasteiger charge is 2.21. The van der Waals surface area contributed by atoms with Gasteiger partial charge in [-0.3, -0.25) is 9.59 Å². The zero-order chi connectivity index (χ0) is 19.9. The predicted octanol–water partition coefficient (Wildman–Crippen LogP) is 4.25. The molecule has 0 saturated carbocycles. The molecule has 0 radical (unpaired) electrons. The highest BCUT2D eigenvalue weighted by Crippen LogP contribution is 2.37. The van der Waals surface area contributed by atoms with E-state index in [0.29, 0.717) is 28.4 Å². The van der Waals surface area contributed by atoms with Crippen molar-refractivity contribution < 1.29 is 19.1 Å². The maximum absolute atomic E-state index is 12.6. The van der Waals surface area contributed by atoms with E-state index in [9.17, 15) is 9.59 Å². The molecule has 0 aromatic heterocycles. The maximum Gasteiger partial charge on any atom is 0.255 e. The summed E-state index contributed by atoms with van der Waals surface area (Å²) in [6.07, 6.45) is 6.60. The van der Waals surface area contributed by atoms with Gasteiger partial charge in [0.2, 0.25) is 5.91 Å². The molecule has 2 aromatic rings. The van der Waals surface area contributed by atoms with E-state index in [0.717, 1.165) is 19.3 Å². The summed E-state index contributed by atoms with van der Waals surface area (Å²) in [7, 11) is 3.03. The Bertz CT molecular complexity index is 878. The van der Waals surface area contributed by atoms with Crippen LogP contribution in [-0.4, -0.2) is 26.0 Å². The molecule has 0 heterocycles. The Hall–Kier alpha value is -3.28. The number of hydrogen-bond acceptors (Lipinski definition) is 4. The number of allylic oxidation sites excluding steroid dienone is 2. The molecule has 1 atom stereocenters. The molecule has 6 nitrogen and oxygen atoms in total. The fourth-order valence-electron chi connectivity index (χ4n) is 3.14. The van der Waals surface area contributed by atoms with Gasteiger partial charge in [-0.05, 0) is 31.4 Å². The molecule has 6 heteroatoms. The van der Waals surface area contributed by atoms with Gasteiger partial charge in [0.25, 0.3) is 5.91 Å². The van der Waals surface area contributed by atoms with Gasteiger partial charge < -0.3 is 20.1 Å². The lowest BCUT2D eigenvalue weighted by molar-refractivity contribution is -0.120. The molecule has 3 rings (SSSR count). The number of hydrogen-bond donors (Lipinski definition) is 2. The Morgan fingerprint density at radius 3 is 2.14 bits per heavy atom. The van der Waals surface area contributed by atoms with E-state index in [4.69, 9.17) is 9.47 Å². The first-order valence-corrected chi connectivity index (χ1v) is 9.20.